The van der Waals surface area contributed by atoms with Crippen LogP contribution in [0.15, 0.2) is 72.8 Å². The van der Waals surface area contributed by atoms with Gasteiger partial charge in [-0.3, -0.25) is 4.57 Å². The van der Waals surface area contributed by atoms with E-state index in [1.807, 2.05) is 60.7 Å². The van der Waals surface area contributed by atoms with Gasteiger partial charge in [-0.1, -0.05) is 66.7 Å². The average Bonchev–Trinajstić information content (AvgIpc) is 2.55. The largest absolute Gasteiger partial charge is 0.366 e. The molecule has 0 amide bonds. The highest BCUT2D eigenvalue weighted by molar-refractivity contribution is 7.66. The van der Waals surface area contributed by atoms with E-state index in [9.17, 15) is 9.46 Å². The van der Waals surface area contributed by atoms with Gasteiger partial charge in [-0.2, -0.15) is 0 Å². The molecule has 0 spiro atoms. The van der Waals surface area contributed by atoms with Crippen molar-refractivity contribution >= 4 is 23.4 Å². The third-order valence-electron chi connectivity index (χ3n) is 3.52. The second-order valence-corrected chi connectivity index (χ2v) is 7.31. The van der Waals surface area contributed by atoms with E-state index in [4.69, 9.17) is 4.74 Å². The molecule has 3 aromatic carbocycles. The van der Waals surface area contributed by atoms with Crippen molar-refractivity contribution in [1.29, 1.82) is 0 Å². The molecule has 112 valence electrons. The van der Waals surface area contributed by atoms with Crippen LogP contribution in [0.3, 0.4) is 0 Å². The summed E-state index contributed by atoms with van der Waals surface area (Å²) >= 11 is 0. The van der Waals surface area contributed by atoms with Crippen molar-refractivity contribution in [2.45, 2.75) is 6.61 Å². The van der Waals surface area contributed by atoms with Gasteiger partial charge in [-0.05, 0) is 22.4 Å². The van der Waals surface area contributed by atoms with Gasteiger partial charge in [-0.25, -0.2) is 0 Å². The standard InChI is InChI=1S/C18H17O3P/c19-22(20,14-21-13-15-7-2-1-3-8-15)18-12-6-10-16-9-4-5-11-17(16)18/h1-12H,13-14H2,(H,19,20). The topological polar surface area (TPSA) is 46.5 Å². The Morgan fingerprint density at radius 2 is 1.55 bits per heavy atom. The molecule has 1 unspecified atom stereocenters. The van der Waals surface area contributed by atoms with E-state index in [2.05, 4.69) is 0 Å². The van der Waals surface area contributed by atoms with Crippen LogP contribution in [0.2, 0.25) is 0 Å². The van der Waals surface area contributed by atoms with E-state index in [0.717, 1.165) is 16.3 Å². The molecule has 1 atom stereocenters. The van der Waals surface area contributed by atoms with E-state index in [0.29, 0.717) is 11.9 Å². The number of fused-ring (bicyclic) bond motifs is 1. The van der Waals surface area contributed by atoms with Crippen LogP contribution in [-0.2, 0) is 15.9 Å². The molecule has 0 aliphatic heterocycles. The maximum absolute atomic E-state index is 12.7. The Morgan fingerprint density at radius 1 is 0.864 bits per heavy atom. The molecule has 1 N–H and O–H groups in total. The van der Waals surface area contributed by atoms with E-state index in [1.165, 1.54) is 0 Å². The summed E-state index contributed by atoms with van der Waals surface area (Å²) in [5.41, 5.74) is 0.986. The fraction of sp³-hybridized carbons (Fsp3) is 0.111. The average molecular weight is 312 g/mol. The molecule has 0 aromatic heterocycles. The summed E-state index contributed by atoms with van der Waals surface area (Å²) in [6.45, 7) is 0.330. The zero-order valence-electron chi connectivity index (χ0n) is 12.1. The van der Waals surface area contributed by atoms with Crippen LogP contribution in [0, 0.1) is 0 Å². The van der Waals surface area contributed by atoms with Gasteiger partial charge in [0.15, 0.2) is 0 Å². The summed E-state index contributed by atoms with van der Waals surface area (Å²) in [5, 5.41) is 2.22. The van der Waals surface area contributed by atoms with Crippen molar-refractivity contribution in [2.75, 3.05) is 6.35 Å². The number of hydrogen-bond acceptors (Lipinski definition) is 2. The highest BCUT2D eigenvalue weighted by Gasteiger charge is 2.23. The lowest BCUT2D eigenvalue weighted by Gasteiger charge is -2.14. The van der Waals surface area contributed by atoms with E-state index in [-0.39, 0.29) is 6.35 Å². The van der Waals surface area contributed by atoms with Crippen LogP contribution in [-0.4, -0.2) is 11.2 Å². The van der Waals surface area contributed by atoms with Crippen molar-refractivity contribution in [1.82, 2.24) is 0 Å². The molecule has 0 heterocycles. The summed E-state index contributed by atoms with van der Waals surface area (Å²) in [4.78, 5) is 10.4. The first kappa shape index (κ1) is 15.0. The van der Waals surface area contributed by atoms with E-state index in [1.54, 1.807) is 12.1 Å². The van der Waals surface area contributed by atoms with Gasteiger partial charge in [-0.15, -0.1) is 0 Å². The minimum Gasteiger partial charge on any atom is -0.366 e. The van der Waals surface area contributed by atoms with Gasteiger partial charge in [0.1, 0.15) is 6.35 Å². The van der Waals surface area contributed by atoms with Crippen molar-refractivity contribution in [3.05, 3.63) is 78.4 Å². The minimum atomic E-state index is -3.55. The number of ether oxygens (including phenoxy) is 1. The second-order valence-electron chi connectivity index (χ2n) is 5.16. The van der Waals surface area contributed by atoms with Crippen LogP contribution < -0.4 is 5.30 Å². The minimum absolute atomic E-state index is 0.185. The first-order valence-corrected chi connectivity index (χ1v) is 8.93. The predicted molar refractivity (Wildman–Crippen MR) is 89.5 cm³/mol. The number of rotatable bonds is 5. The van der Waals surface area contributed by atoms with Gasteiger partial charge < -0.3 is 9.63 Å². The molecule has 22 heavy (non-hydrogen) atoms. The van der Waals surface area contributed by atoms with Crippen molar-refractivity contribution in [2.24, 2.45) is 0 Å². The lowest BCUT2D eigenvalue weighted by Crippen LogP contribution is -2.10. The summed E-state index contributed by atoms with van der Waals surface area (Å²) < 4.78 is 18.1. The number of benzene rings is 3. The number of hydrogen-bond donors (Lipinski definition) is 1. The Hall–Kier alpha value is -1.93. The Kier molecular flexibility index (Phi) is 4.39. The third-order valence-corrected chi connectivity index (χ3v) is 5.20. The van der Waals surface area contributed by atoms with E-state index < -0.39 is 7.37 Å². The Balaban J connectivity index is 1.78. The van der Waals surface area contributed by atoms with Gasteiger partial charge in [0.2, 0.25) is 0 Å². The third kappa shape index (κ3) is 3.28. The molecule has 0 saturated heterocycles. The lowest BCUT2D eigenvalue weighted by molar-refractivity contribution is 0.157. The van der Waals surface area contributed by atoms with Crippen LogP contribution in [0.5, 0.6) is 0 Å². The molecule has 0 radical (unpaired) electrons. The molecule has 3 rings (SSSR count). The molecule has 3 aromatic rings. The fourth-order valence-corrected chi connectivity index (χ4v) is 3.82. The van der Waals surface area contributed by atoms with Gasteiger partial charge in [0, 0.05) is 5.30 Å². The fourth-order valence-electron chi connectivity index (χ4n) is 2.44. The Labute approximate surface area is 129 Å². The van der Waals surface area contributed by atoms with Gasteiger partial charge in [0.25, 0.3) is 7.37 Å². The van der Waals surface area contributed by atoms with E-state index >= 15 is 0 Å². The smallest absolute Gasteiger partial charge is 0.255 e. The predicted octanol–water partition coefficient (Wildman–Crippen LogP) is 3.91. The first-order valence-electron chi connectivity index (χ1n) is 7.09. The normalized spacial score (nSPS) is 13.9. The first-order chi connectivity index (χ1) is 10.7. The zero-order chi connectivity index (χ0) is 15.4. The molecule has 0 bridgehead atoms. The maximum atomic E-state index is 12.7. The highest BCUT2D eigenvalue weighted by Crippen LogP contribution is 2.41. The molecular weight excluding hydrogens is 295 g/mol. The lowest BCUT2D eigenvalue weighted by atomic mass is 10.1. The van der Waals surface area contributed by atoms with Crippen LogP contribution >= 0.6 is 7.37 Å². The second kappa shape index (κ2) is 6.45. The monoisotopic (exact) mass is 312 g/mol. The summed E-state index contributed by atoms with van der Waals surface area (Å²) in [6, 6.07) is 22.7. The molecule has 4 heteroatoms. The van der Waals surface area contributed by atoms with Crippen molar-refractivity contribution in [3.63, 3.8) is 0 Å². The Morgan fingerprint density at radius 3 is 2.36 bits per heavy atom. The Bertz CT molecular complexity index is 809. The van der Waals surface area contributed by atoms with Crippen LogP contribution in [0.1, 0.15) is 5.56 Å². The zero-order valence-corrected chi connectivity index (χ0v) is 12.9. The van der Waals surface area contributed by atoms with Gasteiger partial charge >= 0.3 is 0 Å². The molecular formula is C18H17O3P. The molecule has 0 fully saturated rings. The van der Waals surface area contributed by atoms with Crippen LogP contribution in [0.4, 0.5) is 0 Å². The molecule has 0 aliphatic rings. The van der Waals surface area contributed by atoms with Crippen molar-refractivity contribution < 1.29 is 14.2 Å². The summed E-state index contributed by atoms with van der Waals surface area (Å²) in [6.07, 6.45) is -0.185. The summed E-state index contributed by atoms with van der Waals surface area (Å²) in [7, 11) is -3.55. The van der Waals surface area contributed by atoms with Gasteiger partial charge in [0.05, 0.1) is 6.61 Å². The quantitative estimate of drug-likeness (QED) is 0.727. The SMILES string of the molecule is O=P(O)(COCc1ccccc1)c1cccc2ccccc12. The van der Waals surface area contributed by atoms with Crippen LogP contribution in [0.25, 0.3) is 10.8 Å². The summed E-state index contributed by atoms with van der Waals surface area (Å²) in [5.74, 6) is 0. The molecule has 0 aliphatic carbocycles. The highest BCUT2D eigenvalue weighted by atomic mass is 31.2. The molecule has 0 saturated carbocycles. The van der Waals surface area contributed by atoms with Crippen molar-refractivity contribution in [3.8, 4) is 0 Å². The molecule has 3 nitrogen and oxygen atoms in total. The maximum Gasteiger partial charge on any atom is 0.255 e.